The van der Waals surface area contributed by atoms with Crippen LogP contribution in [0.3, 0.4) is 0 Å². The van der Waals surface area contributed by atoms with Crippen LogP contribution in [0.4, 0.5) is 0 Å². The third-order valence-corrected chi connectivity index (χ3v) is 3.83. The van der Waals surface area contributed by atoms with E-state index in [0.29, 0.717) is 5.36 Å². The first kappa shape index (κ1) is 14.7. The van der Waals surface area contributed by atoms with Crippen LogP contribution in [0.2, 0.25) is 0 Å². The topological polar surface area (TPSA) is 68.6 Å². The Labute approximate surface area is 119 Å². The van der Waals surface area contributed by atoms with Crippen molar-refractivity contribution >= 4 is 12.2 Å². The molecule has 0 bridgehead atoms. The molecule has 0 aliphatic heterocycles. The van der Waals surface area contributed by atoms with Crippen molar-refractivity contribution in [3.05, 3.63) is 21.6 Å². The molecule has 20 heavy (non-hydrogen) atoms. The number of hydrogen-bond acceptors (Lipinski definition) is 3. The Bertz CT molecular complexity index is 629. The van der Waals surface area contributed by atoms with E-state index in [-0.39, 0.29) is 5.75 Å². The highest BCUT2D eigenvalue weighted by Gasteiger charge is 2.09. The number of aromatic hydroxyl groups is 1. The number of H-pyrrole nitrogens is 1. The Morgan fingerprint density at radius 1 is 1.15 bits per heavy atom. The van der Waals surface area contributed by atoms with E-state index in [4.69, 9.17) is 5.21 Å². The van der Waals surface area contributed by atoms with Gasteiger partial charge in [-0.2, -0.15) is 0 Å². The van der Waals surface area contributed by atoms with Gasteiger partial charge >= 0.3 is 0 Å². The molecule has 0 amide bonds. The van der Waals surface area contributed by atoms with Gasteiger partial charge in [0.25, 0.3) is 0 Å². The van der Waals surface area contributed by atoms with Gasteiger partial charge in [0.2, 0.25) is 0 Å². The number of hydrogen-bond donors (Lipinski definition) is 3. The molecule has 1 heterocycles. The Morgan fingerprint density at radius 3 is 2.65 bits per heavy atom. The summed E-state index contributed by atoms with van der Waals surface area (Å²) >= 11 is 0. The van der Waals surface area contributed by atoms with Crippen molar-refractivity contribution in [1.29, 1.82) is 0 Å². The van der Waals surface area contributed by atoms with Gasteiger partial charge in [0.05, 0.1) is 5.69 Å². The first-order chi connectivity index (χ1) is 9.77. The van der Waals surface area contributed by atoms with E-state index in [1.165, 1.54) is 25.7 Å². The van der Waals surface area contributed by atoms with Gasteiger partial charge in [-0.05, 0) is 25.7 Å². The third kappa shape index (κ3) is 3.24. The Kier molecular flexibility index (Phi) is 5.27. The van der Waals surface area contributed by atoms with Crippen LogP contribution in [0.15, 0.2) is 5.16 Å². The molecule has 1 aromatic rings. The van der Waals surface area contributed by atoms with E-state index >= 15 is 0 Å². The fraction of sp³-hybridized carbons (Fsp3) is 0.562. The number of nitrogens with zero attached hydrogens (tertiary/aromatic N) is 1. The zero-order valence-corrected chi connectivity index (χ0v) is 12.2. The number of fused-ring (bicyclic) bond motifs is 1. The molecule has 0 saturated heterocycles. The average Bonchev–Trinajstić information content (AvgIpc) is 2.47. The quantitative estimate of drug-likeness (QED) is 0.422. The van der Waals surface area contributed by atoms with Gasteiger partial charge in [0.1, 0.15) is 0 Å². The van der Waals surface area contributed by atoms with E-state index in [1.807, 2.05) is 6.08 Å². The second kappa shape index (κ2) is 7.17. The van der Waals surface area contributed by atoms with Crippen LogP contribution >= 0.6 is 0 Å². The molecule has 0 atom stereocenters. The van der Waals surface area contributed by atoms with Gasteiger partial charge in [0, 0.05) is 10.6 Å². The summed E-state index contributed by atoms with van der Waals surface area (Å²) in [7, 11) is 0. The van der Waals surface area contributed by atoms with Crippen molar-refractivity contribution in [2.75, 3.05) is 0 Å². The third-order valence-electron chi connectivity index (χ3n) is 3.83. The number of rotatable bonds is 6. The summed E-state index contributed by atoms with van der Waals surface area (Å²) in [5.41, 5.74) is 0.777. The molecule has 1 aliphatic carbocycles. The van der Waals surface area contributed by atoms with Gasteiger partial charge in [-0.1, -0.05) is 49.9 Å². The molecule has 0 spiro atoms. The van der Waals surface area contributed by atoms with Gasteiger partial charge in [0.15, 0.2) is 11.1 Å². The minimum absolute atomic E-state index is 0.0910. The highest BCUT2D eigenvalue weighted by atomic mass is 16.4. The maximum Gasteiger partial charge on any atom is 0.164 e. The Hall–Kier alpha value is -1.71. The summed E-state index contributed by atoms with van der Waals surface area (Å²) in [5.74, 6) is 0.0910. The molecule has 1 aliphatic rings. The highest BCUT2D eigenvalue weighted by molar-refractivity contribution is 5.39. The minimum Gasteiger partial charge on any atom is -0.504 e. The lowest BCUT2D eigenvalue weighted by molar-refractivity contribution is 0.295. The van der Waals surface area contributed by atoms with Crippen LogP contribution in [0.25, 0.3) is 12.2 Å². The largest absolute Gasteiger partial charge is 0.504 e. The molecule has 0 saturated carbocycles. The first-order valence-electron chi connectivity index (χ1n) is 7.60. The van der Waals surface area contributed by atoms with E-state index in [2.05, 4.69) is 23.1 Å². The number of nitrogens with one attached hydrogen (secondary N) is 1. The number of pyridine rings is 1. The molecule has 3 N–H and O–H groups in total. The molecule has 1 aromatic heterocycles. The van der Waals surface area contributed by atoms with E-state index in [9.17, 15) is 5.11 Å². The molecule has 2 rings (SSSR count). The van der Waals surface area contributed by atoms with E-state index < -0.39 is 0 Å². The lowest BCUT2D eigenvalue weighted by atomic mass is 10.1. The summed E-state index contributed by atoms with van der Waals surface area (Å²) in [6.07, 6.45) is 12.7. The summed E-state index contributed by atoms with van der Waals surface area (Å²) in [6.45, 7) is 2.20. The number of unbranched alkanes of at least 4 members (excludes halogenated alkanes) is 4. The second-order valence-corrected chi connectivity index (χ2v) is 5.38. The SMILES string of the molecule is CCCCCCCc1[nH]c2c(/c(=N\O)c1O)=CCCC=2. The van der Waals surface area contributed by atoms with Crippen LogP contribution in [-0.4, -0.2) is 15.3 Å². The average molecular weight is 276 g/mol. The molecular formula is C16H24N2O2. The summed E-state index contributed by atoms with van der Waals surface area (Å²) in [6, 6.07) is 0. The zero-order valence-electron chi connectivity index (χ0n) is 12.2. The lowest BCUT2D eigenvalue weighted by Gasteiger charge is -2.08. The number of aryl methyl sites for hydroxylation is 1. The monoisotopic (exact) mass is 276 g/mol. The van der Waals surface area contributed by atoms with Crippen molar-refractivity contribution in [2.24, 2.45) is 5.16 Å². The highest BCUT2D eigenvalue weighted by Crippen LogP contribution is 2.11. The minimum atomic E-state index is 0.0910. The smallest absolute Gasteiger partial charge is 0.164 e. The molecule has 0 radical (unpaired) electrons. The number of aromatic amines is 1. The molecule has 0 aromatic carbocycles. The molecular weight excluding hydrogens is 252 g/mol. The van der Waals surface area contributed by atoms with Crippen molar-refractivity contribution < 1.29 is 10.3 Å². The standard InChI is InChI=1S/C16H24N2O2/c1-2-3-4-5-6-11-14-16(19)15(18-20)12-9-7-8-10-13(12)17-14/h9-10,17,19-20H,2-8,11H2,1H3/b18-15+. The van der Waals surface area contributed by atoms with Crippen LogP contribution in [0.5, 0.6) is 5.75 Å². The lowest BCUT2D eigenvalue weighted by Crippen LogP contribution is -2.43. The van der Waals surface area contributed by atoms with Crippen LogP contribution in [-0.2, 0) is 6.42 Å². The summed E-state index contributed by atoms with van der Waals surface area (Å²) in [5, 5.41) is 24.7. The van der Waals surface area contributed by atoms with Crippen molar-refractivity contribution in [3.63, 3.8) is 0 Å². The number of aromatic nitrogens is 1. The predicted molar refractivity (Wildman–Crippen MR) is 79.7 cm³/mol. The van der Waals surface area contributed by atoms with Gasteiger partial charge < -0.3 is 15.3 Å². The maximum absolute atomic E-state index is 10.2. The van der Waals surface area contributed by atoms with E-state index in [0.717, 1.165) is 41.9 Å². The molecule has 4 heteroatoms. The van der Waals surface area contributed by atoms with Gasteiger partial charge in [-0.15, -0.1) is 0 Å². The van der Waals surface area contributed by atoms with Gasteiger partial charge in [-0.3, -0.25) is 0 Å². The van der Waals surface area contributed by atoms with E-state index in [1.54, 1.807) is 0 Å². The molecule has 4 nitrogen and oxygen atoms in total. The predicted octanol–water partition coefficient (Wildman–Crippen LogP) is 1.88. The van der Waals surface area contributed by atoms with Crippen LogP contribution < -0.4 is 15.9 Å². The Morgan fingerprint density at radius 2 is 1.90 bits per heavy atom. The molecule has 0 unspecified atom stereocenters. The zero-order chi connectivity index (χ0) is 14.4. The van der Waals surface area contributed by atoms with Crippen LogP contribution in [0, 0.1) is 0 Å². The second-order valence-electron chi connectivity index (χ2n) is 5.38. The van der Waals surface area contributed by atoms with Crippen molar-refractivity contribution in [3.8, 4) is 5.75 Å². The fourth-order valence-corrected chi connectivity index (χ4v) is 2.70. The first-order valence-corrected chi connectivity index (χ1v) is 7.60. The Balaban J connectivity index is 2.23. The summed E-state index contributed by atoms with van der Waals surface area (Å²) < 4.78 is 0. The van der Waals surface area contributed by atoms with Gasteiger partial charge in [-0.25, -0.2) is 0 Å². The van der Waals surface area contributed by atoms with Crippen LogP contribution in [0.1, 0.15) is 57.6 Å². The fourth-order valence-electron chi connectivity index (χ4n) is 2.70. The molecule has 0 fully saturated rings. The normalized spacial score (nSPS) is 14.6. The van der Waals surface area contributed by atoms with Crippen molar-refractivity contribution in [2.45, 2.75) is 58.3 Å². The van der Waals surface area contributed by atoms with Crippen molar-refractivity contribution in [1.82, 2.24) is 4.98 Å². The molecule has 110 valence electrons. The summed E-state index contributed by atoms with van der Waals surface area (Å²) in [4.78, 5) is 3.29. The maximum atomic E-state index is 10.2.